The molecular formula is C21H20N2O4. The molecule has 0 saturated heterocycles. The summed E-state index contributed by atoms with van der Waals surface area (Å²) in [6.45, 7) is 2.82. The van der Waals surface area contributed by atoms with Crippen molar-refractivity contribution in [2.24, 2.45) is 0 Å². The van der Waals surface area contributed by atoms with Crippen LogP contribution in [-0.4, -0.2) is 25.6 Å². The van der Waals surface area contributed by atoms with E-state index < -0.39 is 6.10 Å². The average molecular weight is 364 g/mol. The lowest BCUT2D eigenvalue weighted by Crippen LogP contribution is -2.48. The number of rotatable bonds is 3. The van der Waals surface area contributed by atoms with E-state index in [1.54, 1.807) is 7.05 Å². The summed E-state index contributed by atoms with van der Waals surface area (Å²) >= 11 is 0. The number of likely N-dealkylation sites (N-methyl/N-ethyl adjacent to an activating group) is 1. The molecule has 0 radical (unpaired) electrons. The molecule has 2 heterocycles. The molecule has 27 heavy (non-hydrogen) atoms. The van der Waals surface area contributed by atoms with Gasteiger partial charge in [-0.3, -0.25) is 4.79 Å². The second-order valence-electron chi connectivity index (χ2n) is 6.66. The molecule has 1 aromatic heterocycles. The van der Waals surface area contributed by atoms with E-state index in [4.69, 9.17) is 9.15 Å². The van der Waals surface area contributed by atoms with Crippen LogP contribution in [0.4, 0.5) is 5.69 Å². The Morgan fingerprint density at radius 3 is 2.85 bits per heavy atom. The number of aryl methyl sites for hydroxylation is 1. The quantitative estimate of drug-likeness (QED) is 0.724. The van der Waals surface area contributed by atoms with Gasteiger partial charge in [-0.2, -0.15) is 0 Å². The van der Waals surface area contributed by atoms with Crippen molar-refractivity contribution in [2.45, 2.75) is 19.6 Å². The lowest BCUT2D eigenvalue weighted by molar-refractivity contribution is -0.127. The average Bonchev–Trinajstić information content (AvgIpc) is 2.66. The van der Waals surface area contributed by atoms with Gasteiger partial charge in [-0.15, -0.1) is 0 Å². The van der Waals surface area contributed by atoms with Crippen molar-refractivity contribution in [3.8, 4) is 5.75 Å². The number of nitrogens with zero attached hydrogens (tertiary/aromatic N) is 1. The monoisotopic (exact) mass is 364 g/mol. The van der Waals surface area contributed by atoms with Crippen LogP contribution in [0.3, 0.4) is 0 Å². The fraction of sp³-hybridized carbons (Fsp3) is 0.238. The van der Waals surface area contributed by atoms with Crippen LogP contribution in [0.15, 0.2) is 57.7 Å². The smallest absolute Gasteiger partial charge is 0.336 e. The maximum atomic E-state index is 12.2. The molecule has 0 fully saturated rings. The topological polar surface area (TPSA) is 71.8 Å². The molecule has 0 saturated carbocycles. The fourth-order valence-corrected chi connectivity index (χ4v) is 3.43. The number of amides is 1. The predicted molar refractivity (Wildman–Crippen MR) is 103 cm³/mol. The van der Waals surface area contributed by atoms with E-state index in [1.165, 1.54) is 6.07 Å². The molecule has 1 atom stereocenters. The van der Waals surface area contributed by atoms with Crippen molar-refractivity contribution in [1.82, 2.24) is 5.32 Å². The summed E-state index contributed by atoms with van der Waals surface area (Å²) in [4.78, 5) is 26.3. The van der Waals surface area contributed by atoms with E-state index in [0.717, 1.165) is 22.2 Å². The van der Waals surface area contributed by atoms with E-state index in [2.05, 4.69) is 10.2 Å². The molecule has 1 N–H and O–H groups in total. The lowest BCUT2D eigenvalue weighted by atomic mass is 10.1. The number of carbonyl (C=O) groups excluding carboxylic acids is 1. The zero-order valence-corrected chi connectivity index (χ0v) is 15.2. The molecule has 1 aliphatic rings. The molecular weight excluding hydrogens is 344 g/mol. The second-order valence-corrected chi connectivity index (χ2v) is 6.66. The summed E-state index contributed by atoms with van der Waals surface area (Å²) in [5, 5.41) is 3.53. The number of ether oxygens (including phenoxy) is 1. The predicted octanol–water partition coefficient (Wildman–Crippen LogP) is 2.62. The van der Waals surface area contributed by atoms with Crippen molar-refractivity contribution in [3.63, 3.8) is 0 Å². The summed E-state index contributed by atoms with van der Waals surface area (Å²) in [5.41, 5.74) is 2.97. The molecule has 1 amide bonds. The minimum Gasteiger partial charge on any atom is -0.477 e. The minimum absolute atomic E-state index is 0.178. The number of hydrogen-bond donors (Lipinski definition) is 1. The molecule has 6 heteroatoms. The van der Waals surface area contributed by atoms with Crippen LogP contribution in [0.25, 0.3) is 11.0 Å². The van der Waals surface area contributed by atoms with Crippen molar-refractivity contribution in [3.05, 3.63) is 70.1 Å². The summed E-state index contributed by atoms with van der Waals surface area (Å²) in [6.07, 6.45) is -0.612. The van der Waals surface area contributed by atoms with Gasteiger partial charge < -0.3 is 19.4 Å². The number of nitrogens with one attached hydrogen (secondary N) is 1. The number of benzene rings is 2. The number of hydrogen-bond acceptors (Lipinski definition) is 5. The molecule has 3 aromatic rings. The van der Waals surface area contributed by atoms with Crippen LogP contribution in [0, 0.1) is 6.92 Å². The van der Waals surface area contributed by atoms with E-state index in [-0.39, 0.29) is 11.5 Å². The van der Waals surface area contributed by atoms with Gasteiger partial charge >= 0.3 is 5.63 Å². The molecule has 4 rings (SSSR count). The van der Waals surface area contributed by atoms with Crippen LogP contribution in [0.1, 0.15) is 11.1 Å². The first-order valence-corrected chi connectivity index (χ1v) is 8.81. The zero-order valence-electron chi connectivity index (χ0n) is 15.2. The van der Waals surface area contributed by atoms with Crippen molar-refractivity contribution >= 4 is 22.6 Å². The first-order chi connectivity index (χ1) is 13.0. The Morgan fingerprint density at radius 1 is 1.22 bits per heavy atom. The van der Waals surface area contributed by atoms with Gasteiger partial charge in [-0.1, -0.05) is 24.3 Å². The Labute approximate surface area is 156 Å². The summed E-state index contributed by atoms with van der Waals surface area (Å²) in [6, 6.07) is 14.9. The van der Waals surface area contributed by atoms with Gasteiger partial charge in [0.15, 0.2) is 6.10 Å². The van der Waals surface area contributed by atoms with Crippen LogP contribution < -0.4 is 20.6 Å². The lowest BCUT2D eigenvalue weighted by Gasteiger charge is -2.35. The maximum Gasteiger partial charge on any atom is 0.336 e. The number of fused-ring (bicyclic) bond motifs is 2. The van der Waals surface area contributed by atoms with E-state index in [9.17, 15) is 9.59 Å². The number of anilines is 1. The normalized spacial score (nSPS) is 15.9. The van der Waals surface area contributed by atoms with Gasteiger partial charge in [-0.05, 0) is 36.2 Å². The molecule has 1 unspecified atom stereocenters. The van der Waals surface area contributed by atoms with E-state index in [0.29, 0.717) is 24.4 Å². The van der Waals surface area contributed by atoms with Gasteiger partial charge in [0, 0.05) is 25.0 Å². The third-order valence-corrected chi connectivity index (χ3v) is 4.75. The summed E-state index contributed by atoms with van der Waals surface area (Å²) < 4.78 is 11.2. The van der Waals surface area contributed by atoms with Crippen molar-refractivity contribution in [1.29, 1.82) is 0 Å². The van der Waals surface area contributed by atoms with Crippen LogP contribution >= 0.6 is 0 Å². The number of carbonyl (C=O) groups is 1. The molecule has 0 bridgehead atoms. The third kappa shape index (κ3) is 3.26. The third-order valence-electron chi connectivity index (χ3n) is 4.75. The summed E-state index contributed by atoms with van der Waals surface area (Å²) in [5.74, 6) is 0.475. The van der Waals surface area contributed by atoms with Crippen LogP contribution in [0.2, 0.25) is 0 Å². The first-order valence-electron chi connectivity index (χ1n) is 8.81. The summed E-state index contributed by atoms with van der Waals surface area (Å²) in [7, 11) is 1.59. The highest BCUT2D eigenvalue weighted by Crippen LogP contribution is 2.34. The Hall–Kier alpha value is -3.28. The minimum atomic E-state index is -0.612. The SMILES string of the molecule is CNC(=O)C1CN(Cc2cc(=O)oc3cc(C)ccc23)c2ccccc2O1. The highest BCUT2D eigenvalue weighted by atomic mass is 16.5. The van der Waals surface area contributed by atoms with Crippen molar-refractivity contribution in [2.75, 3.05) is 18.5 Å². The zero-order chi connectivity index (χ0) is 19.0. The fourth-order valence-electron chi connectivity index (χ4n) is 3.43. The highest BCUT2D eigenvalue weighted by Gasteiger charge is 2.30. The van der Waals surface area contributed by atoms with Gasteiger partial charge in [0.05, 0.1) is 12.2 Å². The van der Waals surface area contributed by atoms with Crippen LogP contribution in [0.5, 0.6) is 5.75 Å². The van der Waals surface area contributed by atoms with Crippen LogP contribution in [-0.2, 0) is 11.3 Å². The van der Waals surface area contributed by atoms with Gasteiger partial charge in [0.2, 0.25) is 0 Å². The van der Waals surface area contributed by atoms with E-state index >= 15 is 0 Å². The van der Waals surface area contributed by atoms with E-state index in [1.807, 2.05) is 49.4 Å². The molecule has 0 spiro atoms. The molecule has 138 valence electrons. The second kappa shape index (κ2) is 6.79. The van der Waals surface area contributed by atoms with Gasteiger partial charge in [-0.25, -0.2) is 4.79 Å². The van der Waals surface area contributed by atoms with Crippen molar-refractivity contribution < 1.29 is 13.9 Å². The Balaban J connectivity index is 1.76. The Kier molecular flexibility index (Phi) is 4.32. The molecule has 0 aliphatic carbocycles. The first kappa shape index (κ1) is 17.1. The highest BCUT2D eigenvalue weighted by molar-refractivity contribution is 5.84. The number of para-hydroxylation sites is 2. The maximum absolute atomic E-state index is 12.2. The Bertz CT molecular complexity index is 1070. The van der Waals surface area contributed by atoms with Gasteiger partial charge in [0.25, 0.3) is 5.91 Å². The largest absolute Gasteiger partial charge is 0.477 e. The molecule has 2 aromatic carbocycles. The van der Waals surface area contributed by atoms with Gasteiger partial charge in [0.1, 0.15) is 11.3 Å². The molecule has 6 nitrogen and oxygen atoms in total. The Morgan fingerprint density at radius 2 is 2.04 bits per heavy atom. The molecule has 1 aliphatic heterocycles. The standard InChI is InChI=1S/C21H20N2O4/c1-13-7-8-15-14(10-20(24)27-18(15)9-13)11-23-12-19(21(25)22-2)26-17-6-4-3-5-16(17)23/h3-10,19H,11-12H2,1-2H3,(H,22,25).